The molecular formula is C10H12F2N2O3. The molecule has 0 aliphatic carbocycles. The van der Waals surface area contributed by atoms with E-state index in [0.717, 1.165) is 6.20 Å². The Morgan fingerprint density at radius 1 is 1.59 bits per heavy atom. The molecule has 0 bridgehead atoms. The van der Waals surface area contributed by atoms with Crippen LogP contribution in [0.15, 0.2) is 6.20 Å². The zero-order chi connectivity index (χ0) is 13.0. The van der Waals surface area contributed by atoms with Crippen LogP contribution in [0.25, 0.3) is 0 Å². The molecule has 2 N–H and O–H groups in total. The summed E-state index contributed by atoms with van der Waals surface area (Å²) in [5, 5.41) is 0. The Morgan fingerprint density at radius 2 is 2.24 bits per heavy atom. The van der Waals surface area contributed by atoms with Crippen LogP contribution in [0.2, 0.25) is 0 Å². The normalized spacial score (nSPS) is 10.4. The fourth-order valence-corrected chi connectivity index (χ4v) is 1.26. The number of pyridine rings is 1. The summed E-state index contributed by atoms with van der Waals surface area (Å²) in [6.45, 7) is 1.77. The molecule has 1 heterocycles. The molecule has 1 aromatic rings. The molecule has 0 fully saturated rings. The second kappa shape index (κ2) is 5.42. The highest BCUT2D eigenvalue weighted by Gasteiger charge is 2.23. The topological polar surface area (TPSA) is 74.4 Å². The molecule has 0 aliphatic heterocycles. The molecule has 5 nitrogen and oxygen atoms in total. The number of nitrogens with two attached hydrogens (primary N) is 1. The van der Waals surface area contributed by atoms with Crippen LogP contribution in [-0.2, 0) is 4.74 Å². The van der Waals surface area contributed by atoms with Crippen LogP contribution in [-0.4, -0.2) is 24.7 Å². The molecule has 0 saturated carbocycles. The molecule has 0 unspecified atom stereocenters. The molecular weight excluding hydrogens is 234 g/mol. The van der Waals surface area contributed by atoms with Gasteiger partial charge in [0.05, 0.1) is 19.4 Å². The number of halogens is 2. The van der Waals surface area contributed by atoms with Crippen molar-refractivity contribution in [2.75, 3.05) is 19.5 Å². The van der Waals surface area contributed by atoms with Gasteiger partial charge in [-0.1, -0.05) is 0 Å². The summed E-state index contributed by atoms with van der Waals surface area (Å²) >= 11 is 0. The van der Waals surface area contributed by atoms with Crippen molar-refractivity contribution < 1.29 is 23.0 Å². The SMILES string of the molecule is CCOC(=O)c1cnc(C(F)F)c(OC)c1N. The first-order chi connectivity index (χ1) is 8.02. The van der Waals surface area contributed by atoms with Crippen molar-refractivity contribution in [3.8, 4) is 5.75 Å². The van der Waals surface area contributed by atoms with E-state index in [9.17, 15) is 13.6 Å². The monoisotopic (exact) mass is 246 g/mol. The zero-order valence-corrected chi connectivity index (χ0v) is 9.37. The number of hydrogen-bond donors (Lipinski definition) is 1. The van der Waals surface area contributed by atoms with E-state index in [1.807, 2.05) is 0 Å². The number of nitrogens with zero attached hydrogens (tertiary/aromatic N) is 1. The first-order valence-electron chi connectivity index (χ1n) is 4.80. The quantitative estimate of drug-likeness (QED) is 0.820. The molecule has 7 heteroatoms. The summed E-state index contributed by atoms with van der Waals surface area (Å²) in [6, 6.07) is 0. The molecule has 17 heavy (non-hydrogen) atoms. The maximum Gasteiger partial charge on any atom is 0.341 e. The molecule has 0 radical (unpaired) electrons. The highest BCUT2D eigenvalue weighted by atomic mass is 19.3. The minimum atomic E-state index is -2.83. The maximum absolute atomic E-state index is 12.6. The van der Waals surface area contributed by atoms with E-state index in [1.54, 1.807) is 6.92 Å². The minimum absolute atomic E-state index is 0.0897. The number of aromatic nitrogens is 1. The van der Waals surface area contributed by atoms with Gasteiger partial charge in [-0.25, -0.2) is 13.6 Å². The predicted molar refractivity (Wildman–Crippen MR) is 56.1 cm³/mol. The van der Waals surface area contributed by atoms with Crippen molar-refractivity contribution in [1.29, 1.82) is 0 Å². The van der Waals surface area contributed by atoms with Crippen molar-refractivity contribution in [2.24, 2.45) is 0 Å². The van der Waals surface area contributed by atoms with Gasteiger partial charge in [0.15, 0.2) is 11.4 Å². The Morgan fingerprint density at radius 3 is 2.71 bits per heavy atom. The van der Waals surface area contributed by atoms with Crippen LogP contribution >= 0.6 is 0 Å². The molecule has 0 saturated heterocycles. The largest absolute Gasteiger partial charge is 0.492 e. The fourth-order valence-electron chi connectivity index (χ4n) is 1.26. The molecule has 0 aromatic carbocycles. The molecule has 1 rings (SSSR count). The van der Waals surface area contributed by atoms with E-state index in [4.69, 9.17) is 15.2 Å². The summed E-state index contributed by atoms with van der Waals surface area (Å²) < 4.78 is 34.6. The van der Waals surface area contributed by atoms with Gasteiger partial charge in [-0.3, -0.25) is 4.98 Å². The average molecular weight is 246 g/mol. The summed E-state index contributed by atoms with van der Waals surface area (Å²) in [5.74, 6) is -1.03. The molecule has 0 aliphatic rings. The fraction of sp³-hybridized carbons (Fsp3) is 0.400. The molecule has 1 aromatic heterocycles. The van der Waals surface area contributed by atoms with Gasteiger partial charge in [-0.05, 0) is 6.92 Å². The van der Waals surface area contributed by atoms with Gasteiger partial charge in [-0.15, -0.1) is 0 Å². The summed E-state index contributed by atoms with van der Waals surface area (Å²) in [4.78, 5) is 14.9. The van der Waals surface area contributed by atoms with Gasteiger partial charge in [0.25, 0.3) is 6.43 Å². The first-order valence-corrected chi connectivity index (χ1v) is 4.80. The van der Waals surface area contributed by atoms with Crippen LogP contribution in [0.1, 0.15) is 29.4 Å². The number of hydrogen-bond acceptors (Lipinski definition) is 5. The van der Waals surface area contributed by atoms with E-state index in [2.05, 4.69) is 4.98 Å². The lowest BCUT2D eigenvalue weighted by molar-refractivity contribution is 0.0526. The highest BCUT2D eigenvalue weighted by molar-refractivity contribution is 5.96. The van der Waals surface area contributed by atoms with Crippen molar-refractivity contribution in [1.82, 2.24) is 4.98 Å². The number of anilines is 1. The first kappa shape index (κ1) is 13.1. The Bertz CT molecular complexity index is 424. The molecule has 0 amide bonds. The third kappa shape index (κ3) is 2.61. The number of carbonyl (C=O) groups is 1. The van der Waals surface area contributed by atoms with Crippen molar-refractivity contribution >= 4 is 11.7 Å². The molecule has 0 atom stereocenters. The third-order valence-electron chi connectivity index (χ3n) is 2.01. The Balaban J connectivity index is 3.24. The zero-order valence-electron chi connectivity index (χ0n) is 9.37. The number of carbonyl (C=O) groups excluding carboxylic acids is 1. The van der Waals surface area contributed by atoms with Gasteiger partial charge in [0.2, 0.25) is 0 Å². The van der Waals surface area contributed by atoms with E-state index in [-0.39, 0.29) is 23.6 Å². The van der Waals surface area contributed by atoms with Crippen molar-refractivity contribution in [3.63, 3.8) is 0 Å². The molecule has 94 valence electrons. The van der Waals surface area contributed by atoms with E-state index in [0.29, 0.717) is 0 Å². The van der Waals surface area contributed by atoms with Crippen molar-refractivity contribution in [2.45, 2.75) is 13.3 Å². The van der Waals surface area contributed by atoms with E-state index >= 15 is 0 Å². The van der Waals surface area contributed by atoms with E-state index in [1.165, 1.54) is 7.11 Å². The summed E-state index contributed by atoms with van der Waals surface area (Å²) in [6.07, 6.45) is -1.87. The van der Waals surface area contributed by atoms with Gasteiger partial charge in [-0.2, -0.15) is 0 Å². The van der Waals surface area contributed by atoms with Gasteiger partial charge < -0.3 is 15.2 Å². The predicted octanol–water partition coefficient (Wildman–Crippen LogP) is 1.79. The Kier molecular flexibility index (Phi) is 4.19. The van der Waals surface area contributed by atoms with E-state index < -0.39 is 18.1 Å². The average Bonchev–Trinajstić information content (AvgIpc) is 2.28. The standard InChI is InChI=1S/C10H12F2N2O3/c1-3-17-10(15)5-4-14-7(9(11)12)8(16-2)6(5)13/h4,9H,3H2,1-2H3,(H2,13,14). The number of ether oxygens (including phenoxy) is 2. The number of esters is 1. The van der Waals surface area contributed by atoms with Crippen LogP contribution in [0, 0.1) is 0 Å². The lowest BCUT2D eigenvalue weighted by atomic mass is 10.2. The number of methoxy groups -OCH3 is 1. The van der Waals surface area contributed by atoms with Gasteiger partial charge in [0.1, 0.15) is 5.56 Å². The number of nitrogen functional groups attached to an aromatic ring is 1. The van der Waals surface area contributed by atoms with Crippen LogP contribution < -0.4 is 10.5 Å². The lowest BCUT2D eigenvalue weighted by Crippen LogP contribution is -2.11. The number of alkyl halides is 2. The van der Waals surface area contributed by atoms with Crippen LogP contribution in [0.3, 0.4) is 0 Å². The van der Waals surface area contributed by atoms with Gasteiger partial charge >= 0.3 is 5.97 Å². The Labute approximate surface area is 96.5 Å². The minimum Gasteiger partial charge on any atom is -0.492 e. The summed E-state index contributed by atoms with van der Waals surface area (Å²) in [5.41, 5.74) is 4.68. The highest BCUT2D eigenvalue weighted by Crippen LogP contribution is 2.34. The second-order valence-corrected chi connectivity index (χ2v) is 3.03. The Hall–Kier alpha value is -1.92. The van der Waals surface area contributed by atoms with Crippen LogP contribution in [0.5, 0.6) is 5.75 Å². The second-order valence-electron chi connectivity index (χ2n) is 3.03. The third-order valence-corrected chi connectivity index (χ3v) is 2.01. The lowest BCUT2D eigenvalue weighted by Gasteiger charge is -2.12. The smallest absolute Gasteiger partial charge is 0.341 e. The van der Waals surface area contributed by atoms with Crippen LogP contribution in [0.4, 0.5) is 14.5 Å². The molecule has 0 spiro atoms. The van der Waals surface area contributed by atoms with Gasteiger partial charge in [0, 0.05) is 6.20 Å². The summed E-state index contributed by atoms with van der Waals surface area (Å²) in [7, 11) is 1.17. The maximum atomic E-state index is 12.6. The van der Waals surface area contributed by atoms with Crippen molar-refractivity contribution in [3.05, 3.63) is 17.5 Å². The number of rotatable bonds is 4.